The molecule has 0 saturated carbocycles. The largest absolute Gasteiger partial charge is 0.491 e. The number of sulfonamides is 1. The summed E-state index contributed by atoms with van der Waals surface area (Å²) in [6.45, 7) is 6.06. The van der Waals surface area contributed by atoms with E-state index in [1.807, 2.05) is 39.0 Å². The number of anilines is 1. The summed E-state index contributed by atoms with van der Waals surface area (Å²) in [5.41, 5.74) is 3.53. The maximum absolute atomic E-state index is 13.4. The third kappa shape index (κ3) is 6.36. The van der Waals surface area contributed by atoms with Crippen LogP contribution in [0.5, 0.6) is 5.75 Å². The highest BCUT2D eigenvalue weighted by Gasteiger charge is 2.27. The number of hydrogen-bond donors (Lipinski definition) is 1. The summed E-state index contributed by atoms with van der Waals surface area (Å²) in [5.74, 6) is 0.348. The summed E-state index contributed by atoms with van der Waals surface area (Å²) in [6.07, 6.45) is 0. The highest BCUT2D eigenvalue weighted by Crippen LogP contribution is 2.25. The monoisotopic (exact) mass is 530 g/mol. The number of rotatable bonds is 9. The van der Waals surface area contributed by atoms with Crippen molar-refractivity contribution in [2.75, 3.05) is 24.0 Å². The van der Waals surface area contributed by atoms with Crippen LogP contribution in [0.1, 0.15) is 16.7 Å². The third-order valence-corrected chi connectivity index (χ3v) is 7.56. The molecule has 1 N–H and O–H groups in total. The van der Waals surface area contributed by atoms with Gasteiger partial charge in [0.2, 0.25) is 5.91 Å². The first kappa shape index (κ1) is 24.8. The van der Waals surface area contributed by atoms with Gasteiger partial charge in [0, 0.05) is 4.47 Å². The zero-order valence-corrected chi connectivity index (χ0v) is 21.2. The maximum Gasteiger partial charge on any atom is 0.264 e. The number of ether oxygens (including phenoxy) is 1. The van der Waals surface area contributed by atoms with Gasteiger partial charge in [-0.1, -0.05) is 45.8 Å². The van der Waals surface area contributed by atoms with Gasteiger partial charge in [0.25, 0.3) is 10.0 Å². The van der Waals surface area contributed by atoms with E-state index in [0.29, 0.717) is 5.69 Å². The average Bonchev–Trinajstić information content (AvgIpc) is 2.78. The van der Waals surface area contributed by atoms with E-state index >= 15 is 0 Å². The molecule has 0 aromatic heterocycles. The van der Waals surface area contributed by atoms with E-state index in [9.17, 15) is 13.2 Å². The van der Waals surface area contributed by atoms with E-state index in [1.165, 1.54) is 0 Å². The second-order valence-electron chi connectivity index (χ2n) is 7.70. The molecule has 8 heteroatoms. The molecule has 174 valence electrons. The van der Waals surface area contributed by atoms with E-state index in [2.05, 4.69) is 21.2 Å². The fourth-order valence-electron chi connectivity index (χ4n) is 3.18. The second-order valence-corrected chi connectivity index (χ2v) is 10.5. The molecule has 0 aliphatic heterocycles. The molecule has 0 unspecified atom stereocenters. The van der Waals surface area contributed by atoms with Crippen LogP contribution >= 0.6 is 15.9 Å². The number of amides is 1. The summed E-state index contributed by atoms with van der Waals surface area (Å²) in [6, 6.07) is 19.2. The van der Waals surface area contributed by atoms with Crippen molar-refractivity contribution in [1.29, 1.82) is 0 Å². The Labute approximate surface area is 203 Å². The van der Waals surface area contributed by atoms with Crippen molar-refractivity contribution in [3.8, 4) is 5.75 Å². The minimum atomic E-state index is -3.94. The predicted molar refractivity (Wildman–Crippen MR) is 134 cm³/mol. The number of benzene rings is 3. The van der Waals surface area contributed by atoms with Crippen molar-refractivity contribution in [1.82, 2.24) is 5.32 Å². The molecule has 3 rings (SSSR count). The van der Waals surface area contributed by atoms with Gasteiger partial charge < -0.3 is 10.1 Å². The van der Waals surface area contributed by atoms with E-state index in [-0.39, 0.29) is 24.6 Å². The first-order valence-electron chi connectivity index (χ1n) is 10.5. The number of carbonyl (C=O) groups excluding carboxylic acids is 1. The lowest BCUT2D eigenvalue weighted by molar-refractivity contribution is -0.119. The molecule has 0 atom stereocenters. The Balaban J connectivity index is 1.70. The third-order valence-electron chi connectivity index (χ3n) is 5.25. The van der Waals surface area contributed by atoms with Crippen molar-refractivity contribution in [2.24, 2.45) is 0 Å². The molecule has 1 amide bonds. The highest BCUT2D eigenvalue weighted by atomic mass is 79.9. The van der Waals surface area contributed by atoms with Gasteiger partial charge in [-0.2, -0.15) is 0 Å². The number of aryl methyl sites for hydroxylation is 2. The lowest BCUT2D eigenvalue weighted by Gasteiger charge is -2.24. The first-order valence-corrected chi connectivity index (χ1v) is 12.7. The van der Waals surface area contributed by atoms with E-state index < -0.39 is 15.9 Å². The molecular formula is C25H27BrN2O4S. The van der Waals surface area contributed by atoms with Crippen LogP contribution in [0.2, 0.25) is 0 Å². The zero-order chi connectivity index (χ0) is 24.0. The van der Waals surface area contributed by atoms with Crippen LogP contribution in [0.4, 0.5) is 5.69 Å². The summed E-state index contributed by atoms with van der Waals surface area (Å²) in [5, 5.41) is 2.75. The van der Waals surface area contributed by atoms with Gasteiger partial charge in [0.05, 0.1) is 17.1 Å². The SMILES string of the molecule is Cc1ccc(S(=O)(=O)N(CC(=O)NCCOc2cccc(C)c2C)c2ccc(Br)cc2)cc1. The van der Waals surface area contributed by atoms with Gasteiger partial charge in [-0.25, -0.2) is 8.42 Å². The van der Waals surface area contributed by atoms with Gasteiger partial charge in [0.15, 0.2) is 0 Å². The molecule has 33 heavy (non-hydrogen) atoms. The van der Waals surface area contributed by atoms with Crippen molar-refractivity contribution >= 4 is 37.5 Å². The van der Waals surface area contributed by atoms with Gasteiger partial charge >= 0.3 is 0 Å². The predicted octanol–water partition coefficient (Wildman–Crippen LogP) is 4.76. The van der Waals surface area contributed by atoms with Crippen molar-refractivity contribution in [2.45, 2.75) is 25.7 Å². The normalized spacial score (nSPS) is 11.2. The zero-order valence-electron chi connectivity index (χ0n) is 18.8. The number of hydrogen-bond acceptors (Lipinski definition) is 4. The number of carbonyl (C=O) groups is 1. The summed E-state index contributed by atoms with van der Waals surface area (Å²) < 4.78 is 34.4. The number of nitrogens with one attached hydrogen (secondary N) is 1. The maximum atomic E-state index is 13.4. The van der Waals surface area contributed by atoms with Crippen LogP contribution < -0.4 is 14.4 Å². The fraction of sp³-hybridized carbons (Fsp3) is 0.240. The Morgan fingerprint density at radius 2 is 1.64 bits per heavy atom. The van der Waals surface area contributed by atoms with Crippen LogP contribution in [0.3, 0.4) is 0 Å². The molecule has 3 aromatic carbocycles. The van der Waals surface area contributed by atoms with Crippen LogP contribution in [0.15, 0.2) is 76.1 Å². The summed E-state index contributed by atoms with van der Waals surface area (Å²) in [7, 11) is -3.94. The standard InChI is InChI=1S/C25H27BrN2O4S/c1-18-7-13-23(14-8-18)33(30,31)28(22-11-9-21(26)10-12-22)17-25(29)27-15-16-32-24-6-4-5-19(2)20(24)3/h4-14H,15-17H2,1-3H3,(H,27,29). The van der Waals surface area contributed by atoms with Crippen LogP contribution in [0, 0.1) is 20.8 Å². The van der Waals surface area contributed by atoms with Crippen LogP contribution in [0.25, 0.3) is 0 Å². The molecule has 6 nitrogen and oxygen atoms in total. The Kier molecular flexibility index (Phi) is 8.15. The Bertz CT molecular complexity index is 1210. The number of nitrogens with zero attached hydrogens (tertiary/aromatic N) is 1. The Morgan fingerprint density at radius 1 is 0.970 bits per heavy atom. The van der Waals surface area contributed by atoms with Crippen molar-refractivity contribution in [3.63, 3.8) is 0 Å². The lowest BCUT2D eigenvalue weighted by Crippen LogP contribution is -2.41. The lowest BCUT2D eigenvalue weighted by atomic mass is 10.1. The molecule has 0 saturated heterocycles. The Morgan fingerprint density at radius 3 is 2.30 bits per heavy atom. The van der Waals surface area contributed by atoms with Crippen molar-refractivity contribution in [3.05, 3.63) is 87.9 Å². The minimum Gasteiger partial charge on any atom is -0.491 e. The fourth-order valence-corrected chi connectivity index (χ4v) is 4.86. The minimum absolute atomic E-state index is 0.127. The van der Waals surface area contributed by atoms with E-state index in [1.54, 1.807) is 48.5 Å². The molecule has 0 fully saturated rings. The smallest absolute Gasteiger partial charge is 0.264 e. The first-order chi connectivity index (χ1) is 15.7. The van der Waals surface area contributed by atoms with Gasteiger partial charge in [-0.05, 0) is 74.4 Å². The summed E-state index contributed by atoms with van der Waals surface area (Å²) in [4.78, 5) is 12.8. The molecule has 0 bridgehead atoms. The van der Waals surface area contributed by atoms with Gasteiger partial charge in [-0.3, -0.25) is 9.10 Å². The molecule has 0 spiro atoms. The topological polar surface area (TPSA) is 75.7 Å². The second kappa shape index (κ2) is 10.9. The summed E-state index contributed by atoms with van der Waals surface area (Å²) >= 11 is 3.36. The van der Waals surface area contributed by atoms with Gasteiger partial charge in [-0.15, -0.1) is 0 Å². The Hall–Kier alpha value is -2.84. The highest BCUT2D eigenvalue weighted by molar-refractivity contribution is 9.10. The number of halogens is 1. The van der Waals surface area contributed by atoms with Crippen molar-refractivity contribution < 1.29 is 17.9 Å². The quantitative estimate of drug-likeness (QED) is 0.404. The molecule has 0 aliphatic carbocycles. The van der Waals surface area contributed by atoms with Crippen LogP contribution in [-0.2, 0) is 14.8 Å². The van der Waals surface area contributed by atoms with Gasteiger partial charge in [0.1, 0.15) is 18.9 Å². The average molecular weight is 531 g/mol. The molecule has 3 aromatic rings. The molecular weight excluding hydrogens is 504 g/mol. The van der Waals surface area contributed by atoms with Crippen LogP contribution in [-0.4, -0.2) is 34.0 Å². The van der Waals surface area contributed by atoms with E-state index in [0.717, 1.165) is 31.2 Å². The molecule has 0 heterocycles. The molecule has 0 aliphatic rings. The molecule has 0 radical (unpaired) electrons. The van der Waals surface area contributed by atoms with E-state index in [4.69, 9.17) is 4.74 Å².